The quantitative estimate of drug-likeness (QED) is 0.517. The Balaban J connectivity index is 2.68. The molecule has 0 atom stereocenters. The summed E-state index contributed by atoms with van der Waals surface area (Å²) in [6, 6.07) is 5.74. The third kappa shape index (κ3) is 3.03. The van der Waals surface area contributed by atoms with Crippen molar-refractivity contribution in [2.45, 2.75) is 20.0 Å². The van der Waals surface area contributed by atoms with Crippen molar-refractivity contribution in [2.75, 3.05) is 0 Å². The Bertz CT molecular complexity index is 728. The molecule has 1 aromatic heterocycles. The van der Waals surface area contributed by atoms with E-state index in [1.807, 2.05) is 0 Å². The number of aldehydes is 1. The normalized spacial score (nSPS) is 10.5. The molecule has 7 heteroatoms. The number of carbonyl (C=O) groups is 1. The SMILES string of the molecule is CC(C)Oc1cc(-c2ncccc2C=O)cc([N+](=O)[O-])c1O. The predicted molar refractivity (Wildman–Crippen MR) is 79.1 cm³/mol. The number of nitro groups is 1. The van der Waals surface area contributed by atoms with E-state index in [0.29, 0.717) is 11.8 Å². The van der Waals surface area contributed by atoms with Crippen LogP contribution in [0.5, 0.6) is 11.5 Å². The van der Waals surface area contributed by atoms with Gasteiger partial charge in [0, 0.05) is 23.4 Å². The molecule has 0 unspecified atom stereocenters. The Labute approximate surface area is 126 Å². The number of ether oxygens (including phenoxy) is 1. The number of rotatable bonds is 5. The molecule has 114 valence electrons. The van der Waals surface area contributed by atoms with Gasteiger partial charge in [-0.25, -0.2) is 0 Å². The van der Waals surface area contributed by atoms with E-state index < -0.39 is 16.4 Å². The third-order valence-electron chi connectivity index (χ3n) is 2.85. The van der Waals surface area contributed by atoms with Crippen LogP contribution < -0.4 is 4.74 Å². The van der Waals surface area contributed by atoms with Crippen LogP contribution in [0.4, 0.5) is 5.69 Å². The second-order valence-corrected chi connectivity index (χ2v) is 4.82. The Morgan fingerprint density at radius 1 is 1.41 bits per heavy atom. The van der Waals surface area contributed by atoms with Crippen LogP contribution in [0.2, 0.25) is 0 Å². The van der Waals surface area contributed by atoms with Gasteiger partial charge in [-0.3, -0.25) is 19.9 Å². The van der Waals surface area contributed by atoms with Crippen molar-refractivity contribution < 1.29 is 19.6 Å². The van der Waals surface area contributed by atoms with E-state index in [2.05, 4.69) is 4.98 Å². The van der Waals surface area contributed by atoms with Gasteiger partial charge < -0.3 is 9.84 Å². The summed E-state index contributed by atoms with van der Waals surface area (Å²) in [6.45, 7) is 3.46. The summed E-state index contributed by atoms with van der Waals surface area (Å²) in [5.41, 5.74) is 0.394. The van der Waals surface area contributed by atoms with Crippen LogP contribution in [0, 0.1) is 10.1 Å². The zero-order valence-corrected chi connectivity index (χ0v) is 12.0. The zero-order valence-electron chi connectivity index (χ0n) is 12.0. The van der Waals surface area contributed by atoms with Gasteiger partial charge in [0.25, 0.3) is 0 Å². The van der Waals surface area contributed by atoms with Crippen LogP contribution in [0.1, 0.15) is 24.2 Å². The smallest absolute Gasteiger partial charge is 0.315 e. The van der Waals surface area contributed by atoms with Gasteiger partial charge in [-0.05, 0) is 32.0 Å². The lowest BCUT2D eigenvalue weighted by molar-refractivity contribution is -0.385. The first-order valence-electron chi connectivity index (χ1n) is 6.52. The van der Waals surface area contributed by atoms with E-state index in [1.54, 1.807) is 26.0 Å². The maximum Gasteiger partial charge on any atom is 0.315 e. The van der Waals surface area contributed by atoms with Gasteiger partial charge >= 0.3 is 5.69 Å². The van der Waals surface area contributed by atoms with Crippen molar-refractivity contribution in [1.82, 2.24) is 4.98 Å². The maximum atomic E-state index is 11.1. The molecule has 0 bridgehead atoms. The van der Waals surface area contributed by atoms with Crippen LogP contribution >= 0.6 is 0 Å². The molecular formula is C15H14N2O5. The summed E-state index contributed by atoms with van der Waals surface area (Å²) in [6.07, 6.45) is 1.81. The van der Waals surface area contributed by atoms with E-state index in [4.69, 9.17) is 4.74 Å². The standard InChI is InChI=1S/C15H14N2O5/c1-9(2)22-13-7-11(6-12(15(13)19)17(20)21)14-10(8-18)4-3-5-16-14/h3-9,19H,1-2H3. The molecule has 0 aliphatic heterocycles. The minimum absolute atomic E-state index is 0.0262. The molecule has 2 aromatic rings. The molecule has 0 amide bonds. The lowest BCUT2D eigenvalue weighted by Gasteiger charge is -2.13. The van der Waals surface area contributed by atoms with Gasteiger partial charge in [-0.1, -0.05) is 0 Å². The van der Waals surface area contributed by atoms with Gasteiger partial charge in [0.1, 0.15) is 0 Å². The Hall–Kier alpha value is -2.96. The Morgan fingerprint density at radius 3 is 2.73 bits per heavy atom. The van der Waals surface area contributed by atoms with E-state index in [-0.39, 0.29) is 23.1 Å². The number of hydrogen-bond donors (Lipinski definition) is 1. The number of benzene rings is 1. The fraction of sp³-hybridized carbons (Fsp3) is 0.200. The van der Waals surface area contributed by atoms with Crippen molar-refractivity contribution in [3.63, 3.8) is 0 Å². The summed E-state index contributed by atoms with van der Waals surface area (Å²) < 4.78 is 5.40. The van der Waals surface area contributed by atoms with Crippen molar-refractivity contribution >= 4 is 12.0 Å². The largest absolute Gasteiger partial charge is 0.500 e. The van der Waals surface area contributed by atoms with Crippen LogP contribution in [0.3, 0.4) is 0 Å². The summed E-state index contributed by atoms with van der Waals surface area (Å²) in [5.74, 6) is -0.576. The van der Waals surface area contributed by atoms with Crippen LogP contribution in [0.15, 0.2) is 30.5 Å². The molecule has 0 fully saturated rings. The molecule has 7 nitrogen and oxygen atoms in total. The molecule has 0 saturated heterocycles. The minimum atomic E-state index is -0.713. The highest BCUT2D eigenvalue weighted by molar-refractivity contribution is 5.86. The molecule has 1 heterocycles. The first-order chi connectivity index (χ1) is 10.4. The maximum absolute atomic E-state index is 11.1. The average molecular weight is 302 g/mol. The van der Waals surface area contributed by atoms with E-state index in [0.717, 1.165) is 6.07 Å². The Kier molecular flexibility index (Phi) is 4.36. The lowest BCUT2D eigenvalue weighted by atomic mass is 10.0. The number of pyridine rings is 1. The number of hydrogen-bond acceptors (Lipinski definition) is 6. The second-order valence-electron chi connectivity index (χ2n) is 4.82. The summed E-state index contributed by atoms with van der Waals surface area (Å²) >= 11 is 0. The highest BCUT2D eigenvalue weighted by Crippen LogP contribution is 2.40. The van der Waals surface area contributed by atoms with Crippen molar-refractivity contribution in [3.05, 3.63) is 46.1 Å². The Morgan fingerprint density at radius 2 is 2.14 bits per heavy atom. The van der Waals surface area contributed by atoms with Crippen LogP contribution in [-0.4, -0.2) is 27.4 Å². The molecule has 2 rings (SSSR count). The topological polar surface area (TPSA) is 103 Å². The molecule has 0 aliphatic rings. The van der Waals surface area contributed by atoms with Crippen molar-refractivity contribution in [2.24, 2.45) is 0 Å². The number of aromatic hydroxyl groups is 1. The minimum Gasteiger partial charge on any atom is -0.500 e. The molecule has 0 radical (unpaired) electrons. The number of phenols is 1. The number of phenolic OH excluding ortho intramolecular Hbond substituents is 1. The molecule has 0 spiro atoms. The molecular weight excluding hydrogens is 288 g/mol. The van der Waals surface area contributed by atoms with E-state index in [1.165, 1.54) is 12.3 Å². The van der Waals surface area contributed by atoms with Gasteiger partial charge in [0.15, 0.2) is 12.0 Å². The summed E-state index contributed by atoms with van der Waals surface area (Å²) in [5, 5.41) is 21.0. The highest BCUT2D eigenvalue weighted by Gasteiger charge is 2.22. The first-order valence-corrected chi connectivity index (χ1v) is 6.52. The lowest BCUT2D eigenvalue weighted by Crippen LogP contribution is -2.06. The molecule has 1 N–H and O–H groups in total. The van der Waals surface area contributed by atoms with Gasteiger partial charge in [0.05, 0.1) is 16.7 Å². The first kappa shape index (κ1) is 15.4. The molecule has 1 aromatic carbocycles. The van der Waals surface area contributed by atoms with Crippen LogP contribution in [-0.2, 0) is 0 Å². The molecule has 22 heavy (non-hydrogen) atoms. The fourth-order valence-electron chi connectivity index (χ4n) is 1.97. The summed E-state index contributed by atoms with van der Waals surface area (Å²) in [7, 11) is 0. The van der Waals surface area contributed by atoms with Gasteiger partial charge in [-0.15, -0.1) is 0 Å². The number of carbonyl (C=O) groups excluding carboxylic acids is 1. The number of nitro benzene ring substituents is 1. The monoisotopic (exact) mass is 302 g/mol. The van der Waals surface area contributed by atoms with Gasteiger partial charge in [-0.2, -0.15) is 0 Å². The van der Waals surface area contributed by atoms with E-state index >= 15 is 0 Å². The second kappa shape index (κ2) is 6.21. The van der Waals surface area contributed by atoms with E-state index in [9.17, 15) is 20.0 Å². The molecule has 0 aliphatic carbocycles. The van der Waals surface area contributed by atoms with Crippen molar-refractivity contribution in [3.8, 4) is 22.8 Å². The highest BCUT2D eigenvalue weighted by atomic mass is 16.6. The predicted octanol–water partition coefficient (Wildman–Crippen LogP) is 2.96. The van der Waals surface area contributed by atoms with Crippen molar-refractivity contribution in [1.29, 1.82) is 0 Å². The zero-order chi connectivity index (χ0) is 16.3. The summed E-state index contributed by atoms with van der Waals surface area (Å²) in [4.78, 5) is 25.6. The van der Waals surface area contributed by atoms with Gasteiger partial charge in [0.2, 0.25) is 5.75 Å². The number of aromatic nitrogens is 1. The molecule has 0 saturated carbocycles. The average Bonchev–Trinajstić information content (AvgIpc) is 2.48. The van der Waals surface area contributed by atoms with Crippen LogP contribution in [0.25, 0.3) is 11.3 Å². The fourth-order valence-corrected chi connectivity index (χ4v) is 1.97. The third-order valence-corrected chi connectivity index (χ3v) is 2.85. The number of nitrogens with zero attached hydrogens (tertiary/aromatic N) is 2.